The van der Waals surface area contributed by atoms with Crippen LogP contribution in [0.5, 0.6) is 0 Å². The van der Waals surface area contributed by atoms with Gasteiger partial charge >= 0.3 is 0 Å². The second kappa shape index (κ2) is 12.2. The Kier molecular flexibility index (Phi) is 8.49. The van der Waals surface area contributed by atoms with Gasteiger partial charge in [0, 0.05) is 46.9 Å². The minimum absolute atomic E-state index is 0.420. The quantitative estimate of drug-likeness (QED) is 0.237. The van der Waals surface area contributed by atoms with Crippen molar-refractivity contribution in [2.45, 2.75) is 48.1 Å². The van der Waals surface area contributed by atoms with Crippen LogP contribution in [0, 0.1) is 5.92 Å². The van der Waals surface area contributed by atoms with Gasteiger partial charge < -0.3 is 15.5 Å². The summed E-state index contributed by atoms with van der Waals surface area (Å²) in [6.07, 6.45) is 4.70. The van der Waals surface area contributed by atoms with Crippen molar-refractivity contribution >= 4 is 46.0 Å². The van der Waals surface area contributed by atoms with E-state index in [4.69, 9.17) is 21.6 Å². The van der Waals surface area contributed by atoms with Gasteiger partial charge in [-0.05, 0) is 86.2 Å². The van der Waals surface area contributed by atoms with Crippen LogP contribution in [0.15, 0.2) is 82.6 Å². The largest absolute Gasteiger partial charge is 0.362 e. The van der Waals surface area contributed by atoms with Gasteiger partial charge in [0.15, 0.2) is 0 Å². The van der Waals surface area contributed by atoms with Crippen LogP contribution in [-0.4, -0.2) is 36.6 Å². The van der Waals surface area contributed by atoms with E-state index >= 15 is 0 Å². The molecule has 1 aliphatic rings. The highest BCUT2D eigenvalue weighted by molar-refractivity contribution is 7.99. The van der Waals surface area contributed by atoms with E-state index < -0.39 is 0 Å². The monoisotopic (exact) mass is 531 g/mol. The molecule has 0 atom stereocenters. The Balaban J connectivity index is 1.12. The fraction of sp³-hybridized carbons (Fsp3) is 0.333. The average Bonchev–Trinajstić information content (AvgIpc) is 2.91. The number of benzene rings is 3. The molecule has 192 valence electrons. The standard InChI is InChI=1S/C30H34ClN5S/c1-36(2)29-26-8-4-5-9-27(26)34-30(35-29)33-24-15-11-21(12-16-24)19-32-20-22-7-3-6-10-28(22)37-25-17-13-23(31)14-18-25/h3-10,13-14,17-18,21,24,32H,11-12,15-16,19-20H2,1-2H3,(H,33,34,35). The molecule has 1 aromatic heterocycles. The number of nitrogens with one attached hydrogen (secondary N) is 2. The molecule has 1 fully saturated rings. The molecule has 0 bridgehead atoms. The number of aromatic nitrogens is 2. The second-order valence-electron chi connectivity index (χ2n) is 9.94. The molecule has 37 heavy (non-hydrogen) atoms. The first-order chi connectivity index (χ1) is 18.0. The van der Waals surface area contributed by atoms with Gasteiger partial charge in [0.05, 0.1) is 5.52 Å². The number of hydrogen-bond donors (Lipinski definition) is 2. The molecule has 2 N–H and O–H groups in total. The van der Waals surface area contributed by atoms with Crippen molar-refractivity contribution < 1.29 is 0 Å². The summed E-state index contributed by atoms with van der Waals surface area (Å²) in [7, 11) is 4.07. The zero-order chi connectivity index (χ0) is 25.6. The number of fused-ring (bicyclic) bond motifs is 1. The Hall–Kier alpha value is -2.80. The molecule has 0 radical (unpaired) electrons. The van der Waals surface area contributed by atoms with Crippen LogP contribution in [0.3, 0.4) is 0 Å². The van der Waals surface area contributed by atoms with Crippen LogP contribution in [0.25, 0.3) is 10.9 Å². The number of hydrogen-bond acceptors (Lipinski definition) is 6. The van der Waals surface area contributed by atoms with E-state index in [1.54, 1.807) is 11.8 Å². The summed E-state index contributed by atoms with van der Waals surface area (Å²) in [5.74, 6) is 2.39. The van der Waals surface area contributed by atoms with Crippen molar-refractivity contribution in [2.24, 2.45) is 5.92 Å². The lowest BCUT2D eigenvalue weighted by Crippen LogP contribution is -2.31. The molecule has 1 heterocycles. The first-order valence-corrected chi connectivity index (χ1v) is 14.2. The van der Waals surface area contributed by atoms with Crippen molar-refractivity contribution in [2.75, 3.05) is 30.9 Å². The molecule has 5 nitrogen and oxygen atoms in total. The summed E-state index contributed by atoms with van der Waals surface area (Å²) in [5.41, 5.74) is 2.32. The molecule has 1 saturated carbocycles. The minimum Gasteiger partial charge on any atom is -0.362 e. The van der Waals surface area contributed by atoms with E-state index in [1.165, 1.54) is 28.2 Å². The Morgan fingerprint density at radius 2 is 1.62 bits per heavy atom. The number of anilines is 2. The molecule has 0 spiro atoms. The number of rotatable bonds is 9. The van der Waals surface area contributed by atoms with E-state index in [1.807, 2.05) is 38.4 Å². The SMILES string of the molecule is CN(C)c1nc(NC2CCC(CNCc3ccccc3Sc3ccc(Cl)cc3)CC2)nc2ccccc12. The predicted molar refractivity (Wildman–Crippen MR) is 157 cm³/mol. The van der Waals surface area contributed by atoms with E-state index in [0.717, 1.165) is 53.6 Å². The molecule has 5 rings (SSSR count). The van der Waals surface area contributed by atoms with Crippen LogP contribution >= 0.6 is 23.4 Å². The van der Waals surface area contributed by atoms with E-state index in [9.17, 15) is 0 Å². The van der Waals surface area contributed by atoms with Crippen LogP contribution < -0.4 is 15.5 Å². The zero-order valence-corrected chi connectivity index (χ0v) is 23.0. The lowest BCUT2D eigenvalue weighted by Gasteiger charge is -2.29. The van der Waals surface area contributed by atoms with Gasteiger partial charge in [0.2, 0.25) is 5.95 Å². The van der Waals surface area contributed by atoms with E-state index in [0.29, 0.717) is 12.0 Å². The first kappa shape index (κ1) is 25.8. The van der Waals surface area contributed by atoms with Gasteiger partial charge in [-0.25, -0.2) is 4.98 Å². The molecular weight excluding hydrogens is 498 g/mol. The molecule has 4 aromatic rings. The summed E-state index contributed by atoms with van der Waals surface area (Å²) >= 11 is 7.84. The van der Waals surface area contributed by atoms with Gasteiger partial charge in [-0.1, -0.05) is 53.7 Å². The lowest BCUT2D eigenvalue weighted by molar-refractivity contribution is 0.323. The van der Waals surface area contributed by atoms with Gasteiger partial charge in [-0.3, -0.25) is 0 Å². The second-order valence-corrected chi connectivity index (χ2v) is 11.5. The van der Waals surface area contributed by atoms with Crippen LogP contribution in [0.4, 0.5) is 11.8 Å². The minimum atomic E-state index is 0.420. The van der Waals surface area contributed by atoms with Crippen molar-refractivity contribution in [3.63, 3.8) is 0 Å². The van der Waals surface area contributed by atoms with Crippen LogP contribution in [0.1, 0.15) is 31.2 Å². The molecule has 3 aromatic carbocycles. The molecule has 0 aliphatic heterocycles. The molecule has 7 heteroatoms. The fourth-order valence-electron chi connectivity index (χ4n) is 4.95. The Morgan fingerprint density at radius 1 is 0.892 bits per heavy atom. The fourth-order valence-corrected chi connectivity index (χ4v) is 6.02. The first-order valence-electron chi connectivity index (χ1n) is 13.0. The molecule has 0 saturated heterocycles. The normalized spacial score (nSPS) is 17.6. The summed E-state index contributed by atoms with van der Waals surface area (Å²) in [5, 5.41) is 9.21. The Bertz CT molecular complexity index is 1320. The average molecular weight is 532 g/mol. The third kappa shape index (κ3) is 6.75. The van der Waals surface area contributed by atoms with Crippen LogP contribution in [-0.2, 0) is 6.54 Å². The van der Waals surface area contributed by atoms with Crippen molar-refractivity contribution in [3.05, 3.63) is 83.4 Å². The lowest BCUT2D eigenvalue weighted by atomic mass is 9.86. The Morgan fingerprint density at radius 3 is 2.41 bits per heavy atom. The zero-order valence-electron chi connectivity index (χ0n) is 21.5. The molecular formula is C30H34ClN5S. The van der Waals surface area contributed by atoms with E-state index in [2.05, 4.69) is 64.1 Å². The topological polar surface area (TPSA) is 53.1 Å². The highest BCUT2D eigenvalue weighted by Gasteiger charge is 2.22. The number of nitrogens with zero attached hydrogens (tertiary/aromatic N) is 3. The molecule has 0 amide bonds. The van der Waals surface area contributed by atoms with Gasteiger partial charge in [-0.15, -0.1) is 0 Å². The summed E-state index contributed by atoms with van der Waals surface area (Å²) in [4.78, 5) is 14.2. The third-order valence-electron chi connectivity index (χ3n) is 6.95. The summed E-state index contributed by atoms with van der Waals surface area (Å²) < 4.78 is 0. The number of para-hydroxylation sites is 1. The molecule has 0 unspecified atom stereocenters. The maximum Gasteiger partial charge on any atom is 0.225 e. The van der Waals surface area contributed by atoms with E-state index in [-0.39, 0.29) is 0 Å². The maximum atomic E-state index is 6.05. The highest BCUT2D eigenvalue weighted by Crippen LogP contribution is 2.32. The smallest absolute Gasteiger partial charge is 0.225 e. The van der Waals surface area contributed by atoms with Crippen molar-refractivity contribution in [1.82, 2.24) is 15.3 Å². The van der Waals surface area contributed by atoms with Crippen molar-refractivity contribution in [3.8, 4) is 0 Å². The summed E-state index contributed by atoms with van der Waals surface area (Å²) in [6.45, 7) is 1.93. The van der Waals surface area contributed by atoms with Gasteiger partial charge in [0.1, 0.15) is 5.82 Å². The summed E-state index contributed by atoms with van der Waals surface area (Å²) in [6, 6.07) is 25.3. The maximum absolute atomic E-state index is 6.05. The molecule has 1 aliphatic carbocycles. The Labute approximate surface area is 229 Å². The third-order valence-corrected chi connectivity index (χ3v) is 8.33. The number of halogens is 1. The van der Waals surface area contributed by atoms with Crippen LogP contribution in [0.2, 0.25) is 5.02 Å². The highest BCUT2D eigenvalue weighted by atomic mass is 35.5. The predicted octanol–water partition coefficient (Wildman–Crippen LogP) is 7.26. The van der Waals surface area contributed by atoms with Gasteiger partial charge in [-0.2, -0.15) is 4.98 Å². The van der Waals surface area contributed by atoms with Crippen molar-refractivity contribution in [1.29, 1.82) is 0 Å². The van der Waals surface area contributed by atoms with Gasteiger partial charge in [0.25, 0.3) is 0 Å².